The minimum Gasteiger partial charge on any atom is -0.300 e. The summed E-state index contributed by atoms with van der Waals surface area (Å²) in [6.45, 7) is 8.01. The first-order valence-corrected chi connectivity index (χ1v) is 5.08. The van der Waals surface area contributed by atoms with Gasteiger partial charge in [0, 0.05) is 6.42 Å². The number of hydrogen-bond acceptors (Lipinski definition) is 1. The van der Waals surface area contributed by atoms with E-state index in [2.05, 4.69) is 39.0 Å². The van der Waals surface area contributed by atoms with Gasteiger partial charge in [-0.1, -0.05) is 25.1 Å². The van der Waals surface area contributed by atoms with E-state index in [4.69, 9.17) is 0 Å². The molecule has 0 amide bonds. The first-order valence-electron chi connectivity index (χ1n) is 5.08. The van der Waals surface area contributed by atoms with Crippen LogP contribution in [0, 0.1) is 13.8 Å². The van der Waals surface area contributed by atoms with Crippen molar-refractivity contribution in [3.8, 4) is 0 Å². The third kappa shape index (κ3) is 2.44. The van der Waals surface area contributed by atoms with E-state index in [-0.39, 0.29) is 5.78 Å². The van der Waals surface area contributed by atoms with Crippen LogP contribution in [0.15, 0.2) is 18.2 Å². The van der Waals surface area contributed by atoms with Gasteiger partial charge < -0.3 is 4.79 Å². The molecule has 0 aliphatic carbocycles. The topological polar surface area (TPSA) is 17.1 Å². The van der Waals surface area contributed by atoms with Crippen LogP contribution < -0.4 is 0 Å². The Morgan fingerprint density at radius 3 is 2.57 bits per heavy atom. The van der Waals surface area contributed by atoms with Crippen LogP contribution in [0.4, 0.5) is 0 Å². The molecule has 0 bridgehead atoms. The normalized spacial score (nSPS) is 12.6. The Labute approximate surface area is 86.1 Å². The monoisotopic (exact) mass is 190 g/mol. The van der Waals surface area contributed by atoms with E-state index >= 15 is 0 Å². The average molecular weight is 190 g/mol. The first-order chi connectivity index (χ1) is 6.52. The number of hydrogen-bond donors (Lipinski definition) is 0. The van der Waals surface area contributed by atoms with E-state index < -0.39 is 0 Å². The molecule has 1 unspecified atom stereocenters. The zero-order chi connectivity index (χ0) is 10.7. The fraction of sp³-hybridized carbons (Fsp3) is 0.462. The van der Waals surface area contributed by atoms with Crippen LogP contribution in [0.3, 0.4) is 0 Å². The second kappa shape index (κ2) is 4.41. The Morgan fingerprint density at radius 1 is 1.36 bits per heavy atom. The lowest BCUT2D eigenvalue weighted by atomic mass is 9.90. The number of carbonyl (C=O) groups is 1. The molecule has 0 aromatic heterocycles. The standard InChI is InChI=1S/C13H18O/c1-9-6-5-7-13(12(9)4)10(2)8-11(3)14/h5-7,10H,8H2,1-4H3. The molecule has 14 heavy (non-hydrogen) atoms. The Bertz CT molecular complexity index is 339. The maximum absolute atomic E-state index is 11.0. The van der Waals surface area contributed by atoms with Gasteiger partial charge in [-0.3, -0.25) is 0 Å². The molecule has 1 heteroatoms. The molecule has 0 aliphatic heterocycles. The van der Waals surface area contributed by atoms with E-state index in [0.717, 1.165) is 0 Å². The van der Waals surface area contributed by atoms with Gasteiger partial charge in [0.2, 0.25) is 0 Å². The van der Waals surface area contributed by atoms with Crippen LogP contribution in [0.25, 0.3) is 0 Å². The molecule has 76 valence electrons. The van der Waals surface area contributed by atoms with Crippen LogP contribution >= 0.6 is 0 Å². The van der Waals surface area contributed by atoms with E-state index in [1.807, 2.05) is 0 Å². The highest BCUT2D eigenvalue weighted by Gasteiger charge is 2.11. The molecule has 0 heterocycles. The van der Waals surface area contributed by atoms with Gasteiger partial charge in [0.15, 0.2) is 0 Å². The highest BCUT2D eigenvalue weighted by Crippen LogP contribution is 2.24. The lowest BCUT2D eigenvalue weighted by molar-refractivity contribution is -0.117. The van der Waals surface area contributed by atoms with Gasteiger partial charge in [0.25, 0.3) is 0 Å². The van der Waals surface area contributed by atoms with Crippen LogP contribution in [0.2, 0.25) is 0 Å². The Hall–Kier alpha value is -1.11. The fourth-order valence-electron chi connectivity index (χ4n) is 1.85. The van der Waals surface area contributed by atoms with Crippen LogP contribution in [0.1, 0.15) is 42.9 Å². The molecular formula is C13H18O. The van der Waals surface area contributed by atoms with Gasteiger partial charge in [-0.25, -0.2) is 0 Å². The SMILES string of the molecule is CC(=O)CC(C)c1cccc(C)c1C. The number of Topliss-reactive ketones (excluding diaryl/α,β-unsaturated/α-hetero) is 1. The minimum absolute atomic E-state index is 0.262. The summed E-state index contributed by atoms with van der Waals surface area (Å²) in [5.74, 6) is 0.603. The molecule has 0 saturated carbocycles. The molecule has 0 aliphatic rings. The Balaban J connectivity index is 2.95. The fourth-order valence-corrected chi connectivity index (χ4v) is 1.85. The predicted molar refractivity (Wildman–Crippen MR) is 59.6 cm³/mol. The molecule has 1 aromatic carbocycles. The molecule has 0 N–H and O–H groups in total. The molecule has 0 spiro atoms. The molecule has 1 atom stereocenters. The molecule has 1 nitrogen and oxygen atoms in total. The van der Waals surface area contributed by atoms with Crippen molar-refractivity contribution >= 4 is 5.78 Å². The Kier molecular flexibility index (Phi) is 3.45. The number of rotatable bonds is 3. The minimum atomic E-state index is 0.262. The van der Waals surface area contributed by atoms with Crippen molar-refractivity contribution in [3.63, 3.8) is 0 Å². The molecule has 1 rings (SSSR count). The van der Waals surface area contributed by atoms with E-state index in [1.54, 1.807) is 6.92 Å². The van der Waals surface area contributed by atoms with Gasteiger partial charge in [0.05, 0.1) is 0 Å². The third-order valence-electron chi connectivity index (χ3n) is 2.77. The zero-order valence-electron chi connectivity index (χ0n) is 9.42. The first kappa shape index (κ1) is 11.0. The van der Waals surface area contributed by atoms with Crippen molar-refractivity contribution in [1.29, 1.82) is 0 Å². The predicted octanol–water partition coefficient (Wildman–Crippen LogP) is 3.39. The summed E-state index contributed by atoms with van der Waals surface area (Å²) in [6, 6.07) is 6.30. The third-order valence-corrected chi connectivity index (χ3v) is 2.77. The number of ketones is 1. The largest absolute Gasteiger partial charge is 0.300 e. The van der Waals surface area contributed by atoms with Gasteiger partial charge >= 0.3 is 0 Å². The maximum Gasteiger partial charge on any atom is 0.130 e. The van der Waals surface area contributed by atoms with E-state index in [1.165, 1.54) is 16.7 Å². The lowest BCUT2D eigenvalue weighted by Crippen LogP contribution is -2.03. The van der Waals surface area contributed by atoms with Gasteiger partial charge in [-0.15, -0.1) is 0 Å². The molecule has 1 aromatic rings. The van der Waals surface area contributed by atoms with Crippen molar-refractivity contribution < 1.29 is 4.79 Å². The average Bonchev–Trinajstić information content (AvgIpc) is 2.08. The summed E-state index contributed by atoms with van der Waals surface area (Å²) in [5.41, 5.74) is 3.93. The molecule has 0 fully saturated rings. The van der Waals surface area contributed by atoms with Crippen LogP contribution in [0.5, 0.6) is 0 Å². The Morgan fingerprint density at radius 2 is 2.00 bits per heavy atom. The second-order valence-corrected chi connectivity index (χ2v) is 4.10. The highest BCUT2D eigenvalue weighted by atomic mass is 16.1. The number of carbonyl (C=O) groups excluding carboxylic acids is 1. The molecular weight excluding hydrogens is 172 g/mol. The summed E-state index contributed by atoms with van der Waals surface area (Å²) >= 11 is 0. The summed E-state index contributed by atoms with van der Waals surface area (Å²) in [4.78, 5) is 11.0. The lowest BCUT2D eigenvalue weighted by Gasteiger charge is -2.14. The van der Waals surface area contributed by atoms with Crippen LogP contribution in [-0.4, -0.2) is 5.78 Å². The summed E-state index contributed by atoms with van der Waals surface area (Å²) < 4.78 is 0. The smallest absolute Gasteiger partial charge is 0.130 e. The van der Waals surface area contributed by atoms with Crippen molar-refractivity contribution in [2.45, 2.75) is 40.0 Å². The zero-order valence-corrected chi connectivity index (χ0v) is 9.42. The quantitative estimate of drug-likeness (QED) is 0.714. The molecule has 0 saturated heterocycles. The van der Waals surface area contributed by atoms with E-state index in [9.17, 15) is 4.79 Å². The van der Waals surface area contributed by atoms with Crippen molar-refractivity contribution in [1.82, 2.24) is 0 Å². The number of benzene rings is 1. The van der Waals surface area contributed by atoms with Crippen LogP contribution in [-0.2, 0) is 4.79 Å². The summed E-state index contributed by atoms with van der Waals surface area (Å²) in [5, 5.41) is 0. The van der Waals surface area contributed by atoms with Gasteiger partial charge in [-0.2, -0.15) is 0 Å². The van der Waals surface area contributed by atoms with Gasteiger partial charge in [0.1, 0.15) is 5.78 Å². The van der Waals surface area contributed by atoms with Gasteiger partial charge in [-0.05, 0) is 43.4 Å². The van der Waals surface area contributed by atoms with Crippen molar-refractivity contribution in [3.05, 3.63) is 34.9 Å². The highest BCUT2D eigenvalue weighted by molar-refractivity contribution is 5.76. The van der Waals surface area contributed by atoms with E-state index in [0.29, 0.717) is 12.3 Å². The van der Waals surface area contributed by atoms with Crippen molar-refractivity contribution in [2.75, 3.05) is 0 Å². The second-order valence-electron chi connectivity index (χ2n) is 4.10. The number of aryl methyl sites for hydroxylation is 1. The summed E-state index contributed by atoms with van der Waals surface area (Å²) in [7, 11) is 0. The van der Waals surface area contributed by atoms with Crippen molar-refractivity contribution in [2.24, 2.45) is 0 Å². The molecule has 0 radical (unpaired) electrons. The summed E-state index contributed by atoms with van der Waals surface area (Å²) in [6.07, 6.45) is 0.643. The maximum atomic E-state index is 11.0.